The lowest BCUT2D eigenvalue weighted by Gasteiger charge is -2.16. The molecule has 0 unspecified atom stereocenters. The molecule has 0 fully saturated rings. The van der Waals surface area contributed by atoms with Crippen molar-refractivity contribution in [2.75, 3.05) is 13.2 Å². The zero-order valence-corrected chi connectivity index (χ0v) is 6.98. The Morgan fingerprint density at radius 1 is 1.40 bits per heavy atom. The van der Waals surface area contributed by atoms with Crippen LogP contribution in [0.2, 0.25) is 0 Å². The van der Waals surface area contributed by atoms with Gasteiger partial charge in [0.15, 0.2) is 0 Å². The second-order valence-electron chi connectivity index (χ2n) is 3.52. The molecule has 0 aliphatic carbocycles. The van der Waals surface area contributed by atoms with Gasteiger partial charge >= 0.3 is 0 Å². The normalized spacial score (nSPS) is 11.0. The van der Waals surface area contributed by atoms with Crippen LogP contribution in [-0.4, -0.2) is 13.2 Å². The van der Waals surface area contributed by atoms with Crippen molar-refractivity contribution in [2.45, 2.75) is 27.2 Å². The van der Waals surface area contributed by atoms with Crippen molar-refractivity contribution >= 4 is 0 Å². The van der Waals surface area contributed by atoms with E-state index >= 15 is 0 Å². The molecular formula is C8H15NO. The zero-order chi connectivity index (χ0) is 8.04. The van der Waals surface area contributed by atoms with Crippen molar-refractivity contribution in [3.8, 4) is 6.07 Å². The molecule has 0 atom stereocenters. The minimum Gasteiger partial charge on any atom is -0.367 e. The van der Waals surface area contributed by atoms with E-state index in [1.807, 2.05) is 6.07 Å². The molecule has 2 nitrogen and oxygen atoms in total. The van der Waals surface area contributed by atoms with E-state index in [9.17, 15) is 0 Å². The standard InChI is InChI=1S/C8H15NO/c1-8(2,3)4-6-10-7-5-9/h4,6-7H2,1-3H3. The van der Waals surface area contributed by atoms with Gasteiger partial charge in [0.1, 0.15) is 6.61 Å². The first-order valence-electron chi connectivity index (χ1n) is 3.51. The maximum atomic E-state index is 8.12. The second-order valence-corrected chi connectivity index (χ2v) is 3.52. The summed E-state index contributed by atoms with van der Waals surface area (Å²) in [6, 6.07) is 1.93. The third kappa shape index (κ3) is 7.45. The van der Waals surface area contributed by atoms with Gasteiger partial charge in [0.2, 0.25) is 0 Å². The summed E-state index contributed by atoms with van der Waals surface area (Å²) >= 11 is 0. The Labute approximate surface area is 62.8 Å². The smallest absolute Gasteiger partial charge is 0.133 e. The average molecular weight is 141 g/mol. The molecule has 0 heterocycles. The maximum Gasteiger partial charge on any atom is 0.133 e. The van der Waals surface area contributed by atoms with Crippen molar-refractivity contribution < 1.29 is 4.74 Å². The van der Waals surface area contributed by atoms with Gasteiger partial charge in [-0.25, -0.2) is 0 Å². The van der Waals surface area contributed by atoms with E-state index in [1.54, 1.807) is 0 Å². The third-order valence-electron chi connectivity index (χ3n) is 1.16. The van der Waals surface area contributed by atoms with Gasteiger partial charge in [0, 0.05) is 6.61 Å². The third-order valence-corrected chi connectivity index (χ3v) is 1.16. The molecule has 0 aromatic carbocycles. The summed E-state index contributed by atoms with van der Waals surface area (Å²) in [6.07, 6.45) is 1.01. The fourth-order valence-corrected chi connectivity index (χ4v) is 0.496. The highest BCUT2D eigenvalue weighted by atomic mass is 16.5. The number of rotatable bonds is 3. The van der Waals surface area contributed by atoms with Crippen LogP contribution in [0.3, 0.4) is 0 Å². The number of hydrogen-bond acceptors (Lipinski definition) is 2. The van der Waals surface area contributed by atoms with Gasteiger partial charge in [-0.15, -0.1) is 0 Å². The topological polar surface area (TPSA) is 33.0 Å². The molecule has 0 saturated heterocycles. The van der Waals surface area contributed by atoms with Gasteiger partial charge in [-0.1, -0.05) is 20.8 Å². The predicted octanol–water partition coefficient (Wildman–Crippen LogP) is 1.96. The largest absolute Gasteiger partial charge is 0.367 e. The van der Waals surface area contributed by atoms with Crippen LogP contribution in [0.4, 0.5) is 0 Å². The minimum absolute atomic E-state index is 0.218. The molecule has 0 saturated carbocycles. The molecular weight excluding hydrogens is 126 g/mol. The van der Waals surface area contributed by atoms with E-state index in [4.69, 9.17) is 10.00 Å². The highest BCUT2D eigenvalue weighted by Gasteiger charge is 2.08. The molecule has 2 heteroatoms. The van der Waals surface area contributed by atoms with Gasteiger partial charge in [0.25, 0.3) is 0 Å². The number of nitrogens with zero attached hydrogens (tertiary/aromatic N) is 1. The summed E-state index contributed by atoms with van der Waals surface area (Å²) in [5.41, 5.74) is 0.315. The Kier molecular flexibility index (Phi) is 4.06. The summed E-state index contributed by atoms with van der Waals surface area (Å²) in [5, 5.41) is 8.12. The van der Waals surface area contributed by atoms with E-state index in [-0.39, 0.29) is 6.61 Å². The van der Waals surface area contributed by atoms with Gasteiger partial charge in [-0.3, -0.25) is 0 Å². The second kappa shape index (κ2) is 4.29. The highest BCUT2D eigenvalue weighted by Crippen LogP contribution is 2.17. The Bertz CT molecular complexity index is 118. The molecule has 0 N–H and O–H groups in total. The Morgan fingerprint density at radius 3 is 2.40 bits per heavy atom. The van der Waals surface area contributed by atoms with Gasteiger partial charge in [0.05, 0.1) is 6.07 Å². The number of nitriles is 1. The number of ether oxygens (including phenoxy) is 1. The molecule has 0 spiro atoms. The van der Waals surface area contributed by atoms with E-state index in [1.165, 1.54) is 0 Å². The zero-order valence-electron chi connectivity index (χ0n) is 6.98. The summed E-state index contributed by atoms with van der Waals surface area (Å²) in [6.45, 7) is 7.38. The molecule has 58 valence electrons. The van der Waals surface area contributed by atoms with Crippen LogP contribution in [0.25, 0.3) is 0 Å². The lowest BCUT2D eigenvalue weighted by atomic mass is 9.93. The van der Waals surface area contributed by atoms with Crippen LogP contribution in [0.5, 0.6) is 0 Å². The molecule has 0 aliphatic rings. The number of hydrogen-bond donors (Lipinski definition) is 0. The molecule has 0 aromatic heterocycles. The Balaban J connectivity index is 3.14. The fraction of sp³-hybridized carbons (Fsp3) is 0.875. The lowest BCUT2D eigenvalue weighted by molar-refractivity contribution is 0.134. The van der Waals surface area contributed by atoms with Crippen LogP contribution in [0.15, 0.2) is 0 Å². The first-order chi connectivity index (χ1) is 4.56. The van der Waals surface area contributed by atoms with E-state index in [0.717, 1.165) is 6.42 Å². The van der Waals surface area contributed by atoms with Crippen molar-refractivity contribution in [1.82, 2.24) is 0 Å². The Hall–Kier alpha value is -0.550. The first kappa shape index (κ1) is 9.45. The van der Waals surface area contributed by atoms with Crippen molar-refractivity contribution in [2.24, 2.45) is 5.41 Å². The van der Waals surface area contributed by atoms with Crippen molar-refractivity contribution in [3.05, 3.63) is 0 Å². The molecule has 0 rings (SSSR count). The molecule has 0 radical (unpaired) electrons. The quantitative estimate of drug-likeness (QED) is 0.563. The minimum atomic E-state index is 0.218. The van der Waals surface area contributed by atoms with Crippen molar-refractivity contribution in [1.29, 1.82) is 5.26 Å². The van der Waals surface area contributed by atoms with E-state index < -0.39 is 0 Å². The van der Waals surface area contributed by atoms with Crippen LogP contribution >= 0.6 is 0 Å². The molecule has 0 bridgehead atoms. The molecule has 0 aliphatic heterocycles. The van der Waals surface area contributed by atoms with E-state index in [2.05, 4.69) is 20.8 Å². The summed E-state index contributed by atoms with van der Waals surface area (Å²) in [5.74, 6) is 0. The lowest BCUT2D eigenvalue weighted by Crippen LogP contribution is -2.09. The maximum absolute atomic E-state index is 8.12. The fourth-order valence-electron chi connectivity index (χ4n) is 0.496. The monoisotopic (exact) mass is 141 g/mol. The molecule has 10 heavy (non-hydrogen) atoms. The van der Waals surface area contributed by atoms with Crippen LogP contribution in [0.1, 0.15) is 27.2 Å². The SMILES string of the molecule is CC(C)(C)CCOCC#N. The summed E-state index contributed by atoms with van der Waals surface area (Å²) < 4.78 is 5.00. The van der Waals surface area contributed by atoms with Gasteiger partial charge in [-0.2, -0.15) is 5.26 Å². The summed E-state index contributed by atoms with van der Waals surface area (Å²) in [7, 11) is 0. The van der Waals surface area contributed by atoms with Crippen LogP contribution in [0, 0.1) is 16.7 Å². The summed E-state index contributed by atoms with van der Waals surface area (Å²) in [4.78, 5) is 0. The van der Waals surface area contributed by atoms with Gasteiger partial charge < -0.3 is 4.74 Å². The molecule has 0 amide bonds. The molecule has 0 aromatic rings. The van der Waals surface area contributed by atoms with Crippen LogP contribution in [-0.2, 0) is 4.74 Å². The Morgan fingerprint density at radius 2 is 2.00 bits per heavy atom. The van der Waals surface area contributed by atoms with E-state index in [0.29, 0.717) is 12.0 Å². The highest BCUT2D eigenvalue weighted by molar-refractivity contribution is 4.67. The van der Waals surface area contributed by atoms with Crippen LogP contribution < -0.4 is 0 Å². The first-order valence-corrected chi connectivity index (χ1v) is 3.51. The van der Waals surface area contributed by atoms with Gasteiger partial charge in [-0.05, 0) is 11.8 Å². The predicted molar refractivity (Wildman–Crippen MR) is 40.5 cm³/mol. The average Bonchev–Trinajstić information content (AvgIpc) is 1.78. The van der Waals surface area contributed by atoms with Crippen molar-refractivity contribution in [3.63, 3.8) is 0 Å².